The van der Waals surface area contributed by atoms with Crippen molar-refractivity contribution in [3.63, 3.8) is 0 Å². The van der Waals surface area contributed by atoms with Crippen LogP contribution in [0.1, 0.15) is 30.9 Å². The van der Waals surface area contributed by atoms with Gasteiger partial charge in [0.15, 0.2) is 0 Å². The molecule has 0 aliphatic carbocycles. The number of aromatic nitrogens is 2. The van der Waals surface area contributed by atoms with Crippen molar-refractivity contribution in [1.29, 1.82) is 0 Å². The first-order valence-electron chi connectivity index (χ1n) is 9.68. The van der Waals surface area contributed by atoms with Gasteiger partial charge in [-0.2, -0.15) is 5.10 Å². The summed E-state index contributed by atoms with van der Waals surface area (Å²) in [5, 5.41) is 14.7. The molecule has 0 saturated carbocycles. The maximum atomic E-state index is 13.5. The summed E-state index contributed by atoms with van der Waals surface area (Å²) in [6, 6.07) is 5.98. The molecule has 4 rings (SSSR count). The summed E-state index contributed by atoms with van der Waals surface area (Å²) in [5.74, 6) is -0.298. The molecule has 0 bridgehead atoms. The monoisotopic (exact) mass is 406 g/mol. The Bertz CT molecular complexity index is 906. The minimum atomic E-state index is -0.344. The first-order chi connectivity index (χ1) is 13.5. The van der Waals surface area contributed by atoms with E-state index in [0.29, 0.717) is 31.1 Å². The van der Waals surface area contributed by atoms with Gasteiger partial charge in [-0.25, -0.2) is 9.07 Å². The van der Waals surface area contributed by atoms with Gasteiger partial charge in [-0.05, 0) is 49.6 Å². The fourth-order valence-electron chi connectivity index (χ4n) is 4.11. The van der Waals surface area contributed by atoms with E-state index in [-0.39, 0.29) is 23.5 Å². The van der Waals surface area contributed by atoms with Crippen molar-refractivity contribution in [3.8, 4) is 0 Å². The fourth-order valence-corrected chi connectivity index (χ4v) is 4.29. The molecule has 1 unspecified atom stereocenters. The quantitative estimate of drug-likeness (QED) is 0.845. The second-order valence-corrected chi connectivity index (χ2v) is 8.06. The number of hydrogen-bond donors (Lipinski definition) is 1. The highest BCUT2D eigenvalue weighted by Gasteiger charge is 2.25. The van der Waals surface area contributed by atoms with Crippen molar-refractivity contribution in [2.24, 2.45) is 0 Å². The van der Waals surface area contributed by atoms with Crippen molar-refractivity contribution in [1.82, 2.24) is 14.7 Å². The predicted octanol–water partition coefficient (Wildman–Crippen LogP) is 2.44. The zero-order valence-electron chi connectivity index (χ0n) is 15.6. The van der Waals surface area contributed by atoms with E-state index in [4.69, 9.17) is 11.6 Å². The molecule has 1 N–H and O–H groups in total. The Hall–Kier alpha value is -1.96. The van der Waals surface area contributed by atoms with Gasteiger partial charge in [-0.3, -0.25) is 9.69 Å². The Morgan fingerprint density at radius 1 is 1.21 bits per heavy atom. The van der Waals surface area contributed by atoms with E-state index < -0.39 is 0 Å². The standard InChI is InChI=1S/C20H24ClFN4O2/c21-19-4-3-15(22)8-14(19)11-24-6-1-2-16(12-24)26-20(28)9-17(10-23-26)25-7-5-18(27)13-25/h3-4,8-10,16,18,27H,1-2,5-7,11-13H2/t16?,18-/m0/s1. The van der Waals surface area contributed by atoms with Crippen LogP contribution in [0.4, 0.5) is 10.1 Å². The van der Waals surface area contributed by atoms with Crippen LogP contribution >= 0.6 is 11.6 Å². The first kappa shape index (κ1) is 19.4. The van der Waals surface area contributed by atoms with Gasteiger partial charge in [-0.1, -0.05) is 11.6 Å². The van der Waals surface area contributed by atoms with Crippen molar-refractivity contribution in [2.75, 3.05) is 31.1 Å². The number of aliphatic hydroxyl groups is 1. The third kappa shape index (κ3) is 4.21. The van der Waals surface area contributed by atoms with Crippen molar-refractivity contribution in [2.45, 2.75) is 38.0 Å². The smallest absolute Gasteiger partial charge is 0.269 e. The summed E-state index contributed by atoms with van der Waals surface area (Å²) in [5.41, 5.74) is 1.39. The van der Waals surface area contributed by atoms with E-state index in [1.807, 2.05) is 4.90 Å². The number of likely N-dealkylation sites (tertiary alicyclic amines) is 1. The number of rotatable bonds is 4. The van der Waals surface area contributed by atoms with E-state index in [0.717, 1.165) is 37.2 Å². The van der Waals surface area contributed by atoms with Crippen molar-refractivity contribution >= 4 is 17.3 Å². The number of β-amino-alcohol motifs (C(OH)–C–C–N with tert-alkyl or cyclic N) is 1. The Morgan fingerprint density at radius 2 is 2.07 bits per heavy atom. The van der Waals surface area contributed by atoms with Crippen molar-refractivity contribution < 1.29 is 9.50 Å². The van der Waals surface area contributed by atoms with Crippen LogP contribution in [0.25, 0.3) is 0 Å². The highest BCUT2D eigenvalue weighted by atomic mass is 35.5. The molecule has 3 heterocycles. The molecule has 28 heavy (non-hydrogen) atoms. The number of piperidine rings is 1. The van der Waals surface area contributed by atoms with Crippen LogP contribution < -0.4 is 10.5 Å². The second-order valence-electron chi connectivity index (χ2n) is 7.65. The number of aliphatic hydroxyl groups excluding tert-OH is 1. The van der Waals surface area contributed by atoms with Crippen LogP contribution in [-0.4, -0.2) is 52.1 Å². The highest BCUT2D eigenvalue weighted by Crippen LogP contribution is 2.25. The molecule has 1 aromatic heterocycles. The Balaban J connectivity index is 1.47. The minimum Gasteiger partial charge on any atom is -0.391 e. The topological polar surface area (TPSA) is 61.6 Å². The second kappa shape index (κ2) is 8.19. The Morgan fingerprint density at radius 3 is 2.82 bits per heavy atom. The van der Waals surface area contributed by atoms with Crippen LogP contribution in [0.3, 0.4) is 0 Å². The largest absolute Gasteiger partial charge is 0.391 e. The molecule has 8 heteroatoms. The lowest BCUT2D eigenvalue weighted by atomic mass is 10.0. The van der Waals surface area contributed by atoms with Crippen LogP contribution in [0.2, 0.25) is 5.02 Å². The van der Waals surface area contributed by atoms with Gasteiger partial charge in [0.05, 0.1) is 24.0 Å². The molecule has 2 saturated heterocycles. The number of nitrogens with zero attached hydrogens (tertiary/aromatic N) is 4. The molecule has 2 aliphatic rings. The van der Waals surface area contributed by atoms with E-state index in [1.165, 1.54) is 12.1 Å². The van der Waals surface area contributed by atoms with Crippen molar-refractivity contribution in [3.05, 3.63) is 57.2 Å². The average Bonchev–Trinajstić information content (AvgIpc) is 3.11. The summed E-state index contributed by atoms with van der Waals surface area (Å²) < 4.78 is 15.1. The lowest BCUT2D eigenvalue weighted by molar-refractivity contribution is 0.160. The molecule has 0 amide bonds. The van der Waals surface area contributed by atoms with Crippen LogP contribution in [0, 0.1) is 5.82 Å². The maximum absolute atomic E-state index is 13.5. The summed E-state index contributed by atoms with van der Waals surface area (Å²) in [6.07, 6.45) is 3.89. The van der Waals surface area contributed by atoms with E-state index in [2.05, 4.69) is 10.00 Å². The van der Waals surface area contributed by atoms with Gasteiger partial charge in [0.25, 0.3) is 5.56 Å². The summed E-state index contributed by atoms with van der Waals surface area (Å²) in [7, 11) is 0. The lowest BCUT2D eigenvalue weighted by Crippen LogP contribution is -2.40. The van der Waals surface area contributed by atoms with E-state index in [1.54, 1.807) is 23.0 Å². The van der Waals surface area contributed by atoms with Gasteiger partial charge < -0.3 is 10.0 Å². The van der Waals surface area contributed by atoms with E-state index >= 15 is 0 Å². The molecular weight excluding hydrogens is 383 g/mol. The third-order valence-corrected chi connectivity index (χ3v) is 5.94. The van der Waals surface area contributed by atoms with Gasteiger partial charge in [0, 0.05) is 37.3 Å². The summed E-state index contributed by atoms with van der Waals surface area (Å²) in [6.45, 7) is 3.36. The van der Waals surface area contributed by atoms with Crippen LogP contribution in [-0.2, 0) is 6.54 Å². The third-order valence-electron chi connectivity index (χ3n) is 5.57. The Labute approximate surface area is 168 Å². The van der Waals surface area contributed by atoms with Gasteiger partial charge in [0.1, 0.15) is 5.82 Å². The molecule has 2 fully saturated rings. The summed E-state index contributed by atoms with van der Waals surface area (Å²) >= 11 is 6.20. The number of anilines is 1. The molecule has 2 atom stereocenters. The van der Waals surface area contributed by atoms with Gasteiger partial charge in [0.2, 0.25) is 0 Å². The average molecular weight is 407 g/mol. The molecule has 0 spiro atoms. The zero-order valence-corrected chi connectivity index (χ0v) is 16.4. The van der Waals surface area contributed by atoms with Crippen LogP contribution in [0.15, 0.2) is 35.3 Å². The number of hydrogen-bond acceptors (Lipinski definition) is 5. The van der Waals surface area contributed by atoms with Gasteiger partial charge >= 0.3 is 0 Å². The van der Waals surface area contributed by atoms with Crippen LogP contribution in [0.5, 0.6) is 0 Å². The Kier molecular flexibility index (Phi) is 5.66. The molecule has 1 aromatic carbocycles. The minimum absolute atomic E-state index is 0.0215. The summed E-state index contributed by atoms with van der Waals surface area (Å²) in [4.78, 5) is 16.8. The number of benzene rings is 1. The molecule has 2 aromatic rings. The molecule has 150 valence electrons. The van der Waals surface area contributed by atoms with Gasteiger partial charge in [-0.15, -0.1) is 0 Å². The zero-order chi connectivity index (χ0) is 19.7. The maximum Gasteiger partial charge on any atom is 0.269 e. The molecule has 0 radical (unpaired) electrons. The normalized spacial score (nSPS) is 23.3. The lowest BCUT2D eigenvalue weighted by Gasteiger charge is -2.33. The molecule has 2 aliphatic heterocycles. The molecule has 6 nitrogen and oxygen atoms in total. The highest BCUT2D eigenvalue weighted by molar-refractivity contribution is 6.31. The molecular formula is C20H24ClFN4O2. The fraction of sp³-hybridized carbons (Fsp3) is 0.500. The number of halogens is 2. The SMILES string of the molecule is O=c1cc(N2CC[C@H](O)C2)cnn1C1CCCN(Cc2cc(F)ccc2Cl)C1. The predicted molar refractivity (Wildman–Crippen MR) is 106 cm³/mol. The van der Waals surface area contributed by atoms with E-state index in [9.17, 15) is 14.3 Å². The first-order valence-corrected chi connectivity index (χ1v) is 10.1.